The standard InChI is InChI=1S/C8H6ClNS.C8H8N2S.C8H7NOS.C8H5NOS.CH4.B.Cl2OS.Na.H/c2*9-5-7-4-6-2-1-3-10-8(6)11-7;2*10-5-7-4-6-2-1-3-9-8(6)11-7;;;1-4(2)3;;/h1-4H,5H2;1-4H,5,9H2;1-4,10H,5H2;1-5H;1H4;;;;/q;;;;;;;+1;-1. The molecule has 0 saturated carbocycles. The number of halogens is 3. The molecule has 0 aliphatic heterocycles. The molecule has 8 heterocycles. The third-order valence-corrected chi connectivity index (χ3v) is 10.6. The predicted octanol–water partition coefficient (Wildman–Crippen LogP) is 7.10. The van der Waals surface area contributed by atoms with E-state index in [1.54, 1.807) is 47.5 Å². The Morgan fingerprint density at radius 1 is 0.706 bits per heavy atom. The summed E-state index contributed by atoms with van der Waals surface area (Å²) in [5.74, 6) is 0.584. The number of thiophene rings is 4. The van der Waals surface area contributed by atoms with Crippen molar-refractivity contribution in [3.05, 3.63) is 117 Å². The second-order valence-electron chi connectivity index (χ2n) is 9.18. The molecule has 0 spiro atoms. The molecular formula is C33H31BCl3N5NaO3S5. The van der Waals surface area contributed by atoms with Gasteiger partial charge in [0.1, 0.15) is 19.3 Å². The van der Waals surface area contributed by atoms with Gasteiger partial charge in [-0.15, -0.1) is 56.9 Å². The van der Waals surface area contributed by atoms with Crippen LogP contribution in [-0.4, -0.2) is 44.0 Å². The Kier molecular flexibility index (Phi) is 23.3. The minimum Gasteiger partial charge on any atom is -1.00 e. The number of alkyl halides is 1. The van der Waals surface area contributed by atoms with Gasteiger partial charge in [0.05, 0.1) is 17.4 Å². The molecule has 261 valence electrons. The van der Waals surface area contributed by atoms with Crippen LogP contribution in [0.5, 0.6) is 0 Å². The van der Waals surface area contributed by atoms with Gasteiger partial charge in [0.2, 0.25) is 9.23 Å². The number of rotatable bonds is 4. The van der Waals surface area contributed by atoms with Crippen LogP contribution in [0.4, 0.5) is 0 Å². The number of nitrogens with two attached hydrogens (primary N) is 1. The fourth-order valence-electron chi connectivity index (χ4n) is 3.97. The summed E-state index contributed by atoms with van der Waals surface area (Å²) in [5.41, 5.74) is 5.50. The number of carbonyl (C=O) groups excluding carboxylic acids is 1. The van der Waals surface area contributed by atoms with Gasteiger partial charge in [-0.05, 0) is 48.5 Å². The van der Waals surface area contributed by atoms with Crippen molar-refractivity contribution >= 4 is 143 Å². The van der Waals surface area contributed by atoms with E-state index in [1.165, 1.54) is 43.2 Å². The molecule has 0 fully saturated rings. The summed E-state index contributed by atoms with van der Waals surface area (Å²) in [7, 11) is 7.36. The van der Waals surface area contributed by atoms with Crippen molar-refractivity contribution in [2.75, 3.05) is 0 Å². The van der Waals surface area contributed by atoms with Crippen molar-refractivity contribution in [1.29, 1.82) is 0 Å². The largest absolute Gasteiger partial charge is 1.00 e. The SMILES string of the molecule is C.ClCc1cc2cccnc2s1.NCc1cc2cccnc2s1.O=Cc1cc2cccnc2s1.O=S(Cl)Cl.OCc1cc2cccnc2s1.[B].[H-].[Na+]. The van der Waals surface area contributed by atoms with Crippen molar-refractivity contribution in [2.45, 2.75) is 26.5 Å². The second kappa shape index (κ2) is 25.2. The first-order valence-corrected chi connectivity index (χ1v) is 20.3. The van der Waals surface area contributed by atoms with Crippen molar-refractivity contribution in [2.24, 2.45) is 5.73 Å². The number of aliphatic hydroxyl groups is 1. The van der Waals surface area contributed by atoms with Gasteiger partial charge in [-0.2, -0.15) is 0 Å². The van der Waals surface area contributed by atoms with Crippen molar-refractivity contribution in [1.82, 2.24) is 19.9 Å². The van der Waals surface area contributed by atoms with Gasteiger partial charge in [0.25, 0.3) is 0 Å². The number of pyridine rings is 4. The number of carbonyl (C=O) groups is 1. The summed E-state index contributed by atoms with van der Waals surface area (Å²) in [5, 5.41) is 13.4. The van der Waals surface area contributed by atoms with Crippen LogP contribution in [0.1, 0.15) is 33.2 Å². The van der Waals surface area contributed by atoms with E-state index in [9.17, 15) is 4.79 Å². The first-order valence-electron chi connectivity index (χ1n) is 13.7. The number of hydrogen-bond acceptors (Lipinski definition) is 12. The van der Waals surface area contributed by atoms with Crippen molar-refractivity contribution in [3.8, 4) is 0 Å². The summed E-state index contributed by atoms with van der Waals surface area (Å²) in [6.45, 7) is 0.724. The third-order valence-electron chi connectivity index (χ3n) is 5.95. The van der Waals surface area contributed by atoms with Crippen LogP contribution < -0.4 is 35.3 Å². The molecule has 0 bridgehead atoms. The van der Waals surface area contributed by atoms with E-state index in [0.29, 0.717) is 12.4 Å². The van der Waals surface area contributed by atoms with Crippen molar-refractivity contribution < 1.29 is 45.1 Å². The van der Waals surface area contributed by atoms with Crippen LogP contribution >= 0.6 is 78.3 Å². The van der Waals surface area contributed by atoms with Crippen LogP contribution in [-0.2, 0) is 28.3 Å². The van der Waals surface area contributed by atoms with Crippen LogP contribution in [0.15, 0.2) is 97.6 Å². The normalized spacial score (nSPS) is 9.76. The number of aromatic nitrogens is 4. The predicted molar refractivity (Wildman–Crippen MR) is 221 cm³/mol. The quantitative estimate of drug-likeness (QED) is 0.0831. The van der Waals surface area contributed by atoms with Gasteiger partial charge in [-0.25, -0.2) is 24.1 Å². The zero-order valence-corrected chi connectivity index (χ0v) is 34.7. The van der Waals surface area contributed by atoms with E-state index in [0.717, 1.165) is 46.1 Å². The minimum absolute atomic E-state index is 0. The molecule has 8 aromatic rings. The molecule has 0 aliphatic rings. The molecule has 0 aromatic carbocycles. The molecule has 0 atom stereocenters. The van der Waals surface area contributed by atoms with Gasteiger partial charge in [0, 0.05) is 97.3 Å². The zero-order valence-electron chi connectivity index (χ0n) is 27.3. The summed E-state index contributed by atoms with van der Waals surface area (Å²) < 4.78 is 9.09. The van der Waals surface area contributed by atoms with Gasteiger partial charge in [0.15, 0.2) is 6.29 Å². The number of nitrogens with zero attached hydrogens (tertiary/aromatic N) is 4. The molecule has 8 aromatic heterocycles. The average molecular weight is 846 g/mol. The van der Waals surface area contributed by atoms with E-state index in [1.807, 2.05) is 48.5 Å². The Hall–Kier alpha value is -1.89. The van der Waals surface area contributed by atoms with Gasteiger partial charge in [-0.3, -0.25) is 4.79 Å². The maximum atomic E-state index is 10.4. The summed E-state index contributed by atoms with van der Waals surface area (Å²) in [6.07, 6.45) is 7.95. The Morgan fingerprint density at radius 3 is 1.41 bits per heavy atom. The van der Waals surface area contributed by atoms with Gasteiger partial charge < -0.3 is 12.3 Å². The molecule has 3 N–H and O–H groups in total. The summed E-state index contributed by atoms with van der Waals surface area (Å²) >= 11 is 12.0. The Balaban J connectivity index is 0.000000629. The minimum atomic E-state index is -1.67. The zero-order chi connectivity index (χ0) is 34.3. The smallest absolute Gasteiger partial charge is 1.00 e. The van der Waals surface area contributed by atoms with E-state index in [-0.39, 0.29) is 53.4 Å². The molecule has 3 radical (unpaired) electrons. The molecule has 51 heavy (non-hydrogen) atoms. The summed E-state index contributed by atoms with van der Waals surface area (Å²) in [4.78, 5) is 35.2. The molecule has 0 unspecified atom stereocenters. The van der Waals surface area contributed by atoms with Crippen LogP contribution in [0.25, 0.3) is 40.9 Å². The molecule has 0 saturated heterocycles. The van der Waals surface area contributed by atoms with Crippen molar-refractivity contribution in [3.63, 3.8) is 0 Å². The topological polar surface area (TPSA) is 132 Å². The van der Waals surface area contributed by atoms with Crippen LogP contribution in [0.3, 0.4) is 0 Å². The fourth-order valence-corrected chi connectivity index (χ4v) is 7.61. The number of aliphatic hydroxyl groups excluding tert-OH is 1. The maximum Gasteiger partial charge on any atom is 1.00 e. The molecular weight excluding hydrogens is 815 g/mol. The Morgan fingerprint density at radius 2 is 1.06 bits per heavy atom. The first-order chi connectivity index (χ1) is 23.3. The molecule has 0 amide bonds. The Bertz CT molecular complexity index is 1930. The number of hydrogen-bond donors (Lipinski definition) is 2. The molecule has 8 rings (SSSR count). The van der Waals surface area contributed by atoms with E-state index >= 15 is 0 Å². The second-order valence-corrected chi connectivity index (χ2v) is 16.4. The average Bonchev–Trinajstić information content (AvgIpc) is 3.91. The van der Waals surface area contributed by atoms with E-state index in [2.05, 4.69) is 65.6 Å². The van der Waals surface area contributed by atoms with E-state index in [4.69, 9.17) is 26.7 Å². The Labute approximate surface area is 353 Å². The maximum absolute atomic E-state index is 10.4. The van der Waals surface area contributed by atoms with Gasteiger partial charge >= 0.3 is 29.6 Å². The molecule has 8 nitrogen and oxygen atoms in total. The molecule has 18 heteroatoms. The summed E-state index contributed by atoms with van der Waals surface area (Å²) in [6, 6.07) is 23.7. The van der Waals surface area contributed by atoms with Crippen LogP contribution in [0.2, 0.25) is 0 Å². The van der Waals surface area contributed by atoms with Gasteiger partial charge in [-0.1, -0.05) is 31.7 Å². The third kappa shape index (κ3) is 15.2. The number of aldehydes is 1. The first kappa shape index (κ1) is 47.1. The fraction of sp³-hybridized carbons (Fsp3) is 0.121. The van der Waals surface area contributed by atoms with E-state index < -0.39 is 9.23 Å². The van der Waals surface area contributed by atoms with Crippen LogP contribution in [0, 0.1) is 0 Å². The molecule has 0 aliphatic carbocycles. The number of fused-ring (bicyclic) bond motifs is 4. The monoisotopic (exact) mass is 844 g/mol.